The van der Waals surface area contributed by atoms with Crippen LogP contribution in [0.25, 0.3) is 0 Å². The molecule has 0 aliphatic heterocycles. The Morgan fingerprint density at radius 3 is 0.850 bits per heavy atom. The first-order chi connectivity index (χ1) is 17.8. The van der Waals surface area contributed by atoms with E-state index in [1.165, 1.54) is 77.0 Å². The molecule has 0 aromatic carbocycles. The van der Waals surface area contributed by atoms with Gasteiger partial charge in [0.25, 0.3) is 0 Å². The summed E-state index contributed by atoms with van der Waals surface area (Å²) in [6, 6.07) is 0. The third kappa shape index (κ3) is 9.59. The van der Waals surface area contributed by atoms with E-state index in [0.717, 1.165) is 80.0 Å². The van der Waals surface area contributed by atoms with Crippen molar-refractivity contribution >= 4 is 21.2 Å². The Hall–Kier alpha value is 1.17. The van der Waals surface area contributed by atoms with E-state index in [1.54, 1.807) is 0 Å². The standard InChI is InChI=1S/C30H52O5S2.2Li.H2O/c31-36(32)29-17-13-27(14-18-29)25-9-5-23(6-10-25)21-1-3-22(4-2-21)24-7-11-26(12-8-24)28-15-19-30(20-16-28)37(33,34)35;;;/h21-30H,1-20H2,(H,31,32)(H,33,34,35);;;1H2/q;2*+1;/p-3. The van der Waals surface area contributed by atoms with Crippen molar-refractivity contribution in [3.63, 3.8) is 0 Å². The first-order valence-corrected chi connectivity index (χ1v) is 18.4. The van der Waals surface area contributed by atoms with Gasteiger partial charge in [0.2, 0.25) is 0 Å². The molecule has 0 saturated heterocycles. The Morgan fingerprint density at radius 2 is 0.650 bits per heavy atom. The van der Waals surface area contributed by atoms with Gasteiger partial charge in [0, 0.05) is 10.5 Å². The van der Waals surface area contributed by atoms with Gasteiger partial charge in [-0.05, 0) is 176 Å². The van der Waals surface area contributed by atoms with Gasteiger partial charge in [-0.3, -0.25) is 4.21 Å². The smallest absolute Gasteiger partial charge is 0.870 e. The van der Waals surface area contributed by atoms with Crippen molar-refractivity contribution in [2.45, 2.75) is 139 Å². The maximum absolute atomic E-state index is 11.3. The third-order valence-electron chi connectivity index (χ3n) is 12.2. The van der Waals surface area contributed by atoms with Crippen molar-refractivity contribution in [3.05, 3.63) is 0 Å². The van der Waals surface area contributed by atoms with Crippen LogP contribution < -0.4 is 37.7 Å². The zero-order valence-corrected chi connectivity index (χ0v) is 26.9. The van der Waals surface area contributed by atoms with Crippen LogP contribution in [0, 0.1) is 47.3 Å². The maximum Gasteiger partial charge on any atom is 1.00 e. The van der Waals surface area contributed by atoms with E-state index < -0.39 is 26.4 Å². The molecule has 5 rings (SSSR count). The zero-order chi connectivity index (χ0) is 26.0. The van der Waals surface area contributed by atoms with Crippen LogP contribution in [0.5, 0.6) is 0 Å². The fourth-order valence-corrected chi connectivity index (χ4v) is 11.4. The summed E-state index contributed by atoms with van der Waals surface area (Å²) in [6.07, 6.45) is 23.8. The number of hydrogen-bond acceptors (Lipinski definition) is 6. The predicted molar refractivity (Wildman–Crippen MR) is 148 cm³/mol. The zero-order valence-electron chi connectivity index (χ0n) is 25.2. The van der Waals surface area contributed by atoms with Crippen molar-refractivity contribution in [2.75, 3.05) is 0 Å². The Balaban J connectivity index is 0.00000187. The quantitative estimate of drug-likeness (QED) is 0.258. The molecule has 5 aliphatic rings. The second kappa shape index (κ2) is 17.0. The molecule has 5 fully saturated rings. The van der Waals surface area contributed by atoms with E-state index in [2.05, 4.69) is 0 Å². The van der Waals surface area contributed by atoms with Crippen LogP contribution >= 0.6 is 0 Å². The molecule has 5 aliphatic carbocycles. The molecule has 0 bridgehead atoms. The minimum Gasteiger partial charge on any atom is -0.870 e. The van der Waals surface area contributed by atoms with Crippen LogP contribution in [0.1, 0.15) is 128 Å². The Bertz CT molecular complexity index is 849. The van der Waals surface area contributed by atoms with Crippen LogP contribution in [-0.4, -0.2) is 37.7 Å². The molecule has 0 spiro atoms. The van der Waals surface area contributed by atoms with Gasteiger partial charge in [-0.2, -0.15) is 0 Å². The molecule has 222 valence electrons. The minimum atomic E-state index is -4.10. The van der Waals surface area contributed by atoms with Gasteiger partial charge in [-0.15, -0.1) is 0 Å². The fraction of sp³-hybridized carbons (Fsp3) is 1.00. The molecule has 6 nitrogen and oxygen atoms in total. The average Bonchev–Trinajstić information content (AvgIpc) is 2.93. The maximum atomic E-state index is 11.3. The van der Waals surface area contributed by atoms with E-state index in [4.69, 9.17) is 0 Å². The summed E-state index contributed by atoms with van der Waals surface area (Å²) >= 11 is -1.87. The normalized spacial score (nSPS) is 41.9. The molecule has 10 heteroatoms. The van der Waals surface area contributed by atoms with Crippen LogP contribution in [0.2, 0.25) is 0 Å². The van der Waals surface area contributed by atoms with Gasteiger partial charge < -0.3 is 14.6 Å². The number of rotatable bonds is 6. The summed E-state index contributed by atoms with van der Waals surface area (Å²) in [7, 11) is -4.10. The summed E-state index contributed by atoms with van der Waals surface area (Å²) in [5.74, 6) is 6.75. The van der Waals surface area contributed by atoms with Crippen LogP contribution in [0.3, 0.4) is 0 Å². The van der Waals surface area contributed by atoms with E-state index in [-0.39, 0.29) is 48.4 Å². The molecule has 5 saturated carbocycles. The van der Waals surface area contributed by atoms with Gasteiger partial charge >= 0.3 is 37.7 Å². The van der Waals surface area contributed by atoms with Crippen LogP contribution in [0.4, 0.5) is 0 Å². The van der Waals surface area contributed by atoms with Gasteiger partial charge in [0.05, 0.1) is 10.1 Å². The van der Waals surface area contributed by atoms with Crippen molar-refractivity contribution in [1.82, 2.24) is 0 Å². The molecular formula is C30H51Li2O6S2-. The molecule has 0 aromatic rings. The largest absolute Gasteiger partial charge is 1.00 e. The van der Waals surface area contributed by atoms with Crippen molar-refractivity contribution < 1.29 is 64.9 Å². The first-order valence-electron chi connectivity index (χ1n) is 15.8. The van der Waals surface area contributed by atoms with Gasteiger partial charge in [-0.25, -0.2) is 8.42 Å². The van der Waals surface area contributed by atoms with Gasteiger partial charge in [0.15, 0.2) is 0 Å². The second-order valence-electron chi connectivity index (χ2n) is 13.9. The average molecular weight is 586 g/mol. The summed E-state index contributed by atoms with van der Waals surface area (Å²) < 4.78 is 56.6. The van der Waals surface area contributed by atoms with Crippen molar-refractivity contribution in [1.29, 1.82) is 0 Å². The van der Waals surface area contributed by atoms with E-state index in [0.29, 0.717) is 18.8 Å². The second-order valence-corrected chi connectivity index (χ2v) is 16.7. The Kier molecular flexibility index (Phi) is 15.9. The van der Waals surface area contributed by atoms with Crippen molar-refractivity contribution in [2.24, 2.45) is 47.3 Å². The minimum absolute atomic E-state index is 0. The fourth-order valence-electron chi connectivity index (χ4n) is 9.86. The summed E-state index contributed by atoms with van der Waals surface area (Å²) in [5, 5.41) is -0.702. The molecular weight excluding hydrogens is 534 g/mol. The SMILES string of the molecule is O=S([O-])C1CCC(C2CCC(C3CCC(C4CCC(C5CCC(S(=O)(=O)[O-])CC5)CC4)CC3)CC2)CC1.[Li+].[Li+].[OH-]. The molecule has 1 N–H and O–H groups in total. The molecule has 0 amide bonds. The Labute approximate surface area is 270 Å². The molecule has 40 heavy (non-hydrogen) atoms. The summed E-state index contributed by atoms with van der Waals surface area (Å²) in [5.41, 5.74) is 0. The van der Waals surface area contributed by atoms with Gasteiger partial charge in [-0.1, -0.05) is 11.1 Å². The molecule has 0 aromatic heterocycles. The summed E-state index contributed by atoms with van der Waals surface area (Å²) in [6.45, 7) is 0. The molecule has 1 unspecified atom stereocenters. The van der Waals surface area contributed by atoms with E-state index in [1.807, 2.05) is 0 Å². The van der Waals surface area contributed by atoms with Crippen LogP contribution in [-0.2, 0) is 21.2 Å². The van der Waals surface area contributed by atoms with Crippen LogP contribution in [0.15, 0.2) is 0 Å². The predicted octanol–water partition coefficient (Wildman–Crippen LogP) is 0.779. The monoisotopic (exact) mass is 585 g/mol. The molecule has 1 atom stereocenters. The topological polar surface area (TPSA) is 127 Å². The third-order valence-corrected chi connectivity index (χ3v) is 14.5. The molecule has 0 heterocycles. The first kappa shape index (κ1) is 37.4. The van der Waals surface area contributed by atoms with E-state index in [9.17, 15) is 21.7 Å². The summed E-state index contributed by atoms with van der Waals surface area (Å²) in [4.78, 5) is 0. The van der Waals surface area contributed by atoms with Crippen molar-refractivity contribution in [3.8, 4) is 0 Å². The van der Waals surface area contributed by atoms with E-state index >= 15 is 0 Å². The Morgan fingerprint density at radius 1 is 0.450 bits per heavy atom. The molecule has 0 radical (unpaired) electrons. The number of hydrogen-bond donors (Lipinski definition) is 0. The van der Waals surface area contributed by atoms with Gasteiger partial charge in [0.1, 0.15) is 0 Å².